The van der Waals surface area contributed by atoms with Crippen LogP contribution in [-0.2, 0) is 13.1 Å². The molecule has 0 atom stereocenters. The average molecular weight is 380 g/mol. The minimum Gasteiger partial charge on any atom is -0.497 e. The predicted octanol–water partition coefficient (Wildman–Crippen LogP) is 2.15. The fourth-order valence-electron chi connectivity index (χ4n) is 2.69. The molecule has 0 radical (unpaired) electrons. The van der Waals surface area contributed by atoms with E-state index < -0.39 is 0 Å². The molecule has 0 spiro atoms. The quantitative estimate of drug-likeness (QED) is 0.483. The topological polar surface area (TPSA) is 85.6 Å². The molecule has 2 N–H and O–H groups in total. The van der Waals surface area contributed by atoms with Crippen molar-refractivity contribution in [3.05, 3.63) is 66.2 Å². The molecule has 1 aromatic heterocycles. The summed E-state index contributed by atoms with van der Waals surface area (Å²) in [5, 5.41) is 10.7. The first-order valence-electron chi connectivity index (χ1n) is 8.83. The summed E-state index contributed by atoms with van der Waals surface area (Å²) in [7, 11) is 5.03. The van der Waals surface area contributed by atoms with Gasteiger partial charge in [-0.15, -0.1) is 0 Å². The van der Waals surface area contributed by atoms with Crippen molar-refractivity contribution >= 4 is 5.96 Å². The highest BCUT2D eigenvalue weighted by Crippen LogP contribution is 2.24. The maximum absolute atomic E-state index is 5.43. The van der Waals surface area contributed by atoms with Crippen LogP contribution in [0.15, 0.2) is 60.1 Å². The van der Waals surface area contributed by atoms with Crippen molar-refractivity contribution in [2.45, 2.75) is 13.1 Å². The molecule has 146 valence electrons. The molecule has 1 heterocycles. The van der Waals surface area contributed by atoms with E-state index in [-0.39, 0.29) is 0 Å². The van der Waals surface area contributed by atoms with E-state index in [2.05, 4.69) is 25.7 Å². The highest BCUT2D eigenvalue weighted by molar-refractivity contribution is 5.79. The van der Waals surface area contributed by atoms with Crippen LogP contribution < -0.4 is 20.1 Å². The molecule has 0 aliphatic carbocycles. The number of hydrogen-bond donors (Lipinski definition) is 2. The number of benzene rings is 2. The van der Waals surface area contributed by atoms with E-state index >= 15 is 0 Å². The van der Waals surface area contributed by atoms with E-state index in [1.54, 1.807) is 32.3 Å². The number of nitrogens with one attached hydrogen (secondary N) is 2. The molecular formula is C20H24N6O2. The SMILES string of the molecule is CN=C(NCc1ccc(-n2cncn2)cc1)NCc1ccc(OC)cc1OC. The van der Waals surface area contributed by atoms with Crippen molar-refractivity contribution in [1.82, 2.24) is 25.4 Å². The fourth-order valence-corrected chi connectivity index (χ4v) is 2.69. The van der Waals surface area contributed by atoms with Gasteiger partial charge in [0.05, 0.1) is 19.9 Å². The summed E-state index contributed by atoms with van der Waals surface area (Å²) in [5.41, 5.74) is 3.12. The standard InChI is InChI=1S/C20H24N6O2/c1-21-20(24-12-16-6-9-18(27-2)10-19(16)28-3)23-11-15-4-7-17(8-5-15)26-14-22-13-25-26/h4-10,13-14H,11-12H2,1-3H3,(H2,21,23,24). The minimum atomic E-state index is 0.581. The molecule has 0 fully saturated rings. The van der Waals surface area contributed by atoms with E-state index in [4.69, 9.17) is 9.47 Å². The van der Waals surface area contributed by atoms with Gasteiger partial charge in [0.1, 0.15) is 24.2 Å². The minimum absolute atomic E-state index is 0.581. The Hall–Kier alpha value is -3.55. The van der Waals surface area contributed by atoms with Crippen LogP contribution in [-0.4, -0.2) is 42.0 Å². The first-order valence-corrected chi connectivity index (χ1v) is 8.83. The van der Waals surface area contributed by atoms with Crippen LogP contribution in [0.4, 0.5) is 0 Å². The van der Waals surface area contributed by atoms with Crippen molar-refractivity contribution in [1.29, 1.82) is 0 Å². The monoisotopic (exact) mass is 380 g/mol. The molecule has 8 heteroatoms. The third kappa shape index (κ3) is 4.79. The first kappa shape index (κ1) is 19.2. The Morgan fingerprint density at radius 3 is 2.46 bits per heavy atom. The number of rotatable bonds is 7. The third-order valence-corrected chi connectivity index (χ3v) is 4.24. The zero-order valence-electron chi connectivity index (χ0n) is 16.2. The van der Waals surface area contributed by atoms with Crippen LogP contribution >= 0.6 is 0 Å². The van der Waals surface area contributed by atoms with Gasteiger partial charge in [0.25, 0.3) is 0 Å². The first-order chi connectivity index (χ1) is 13.7. The van der Waals surface area contributed by atoms with Crippen LogP contribution in [0.3, 0.4) is 0 Å². The number of nitrogens with zero attached hydrogens (tertiary/aromatic N) is 4. The Labute approximate surface area is 164 Å². The lowest BCUT2D eigenvalue weighted by Gasteiger charge is -2.14. The lowest BCUT2D eigenvalue weighted by molar-refractivity contribution is 0.390. The second kappa shape index (κ2) is 9.40. The van der Waals surface area contributed by atoms with E-state index in [0.717, 1.165) is 28.3 Å². The van der Waals surface area contributed by atoms with Gasteiger partial charge in [-0.05, 0) is 29.8 Å². The molecule has 0 aliphatic rings. The second-order valence-electron chi connectivity index (χ2n) is 5.96. The Bertz CT molecular complexity index is 907. The summed E-state index contributed by atoms with van der Waals surface area (Å²) >= 11 is 0. The number of aromatic nitrogens is 3. The lowest BCUT2D eigenvalue weighted by atomic mass is 10.2. The number of methoxy groups -OCH3 is 2. The van der Waals surface area contributed by atoms with Crippen molar-refractivity contribution in [2.24, 2.45) is 4.99 Å². The van der Waals surface area contributed by atoms with Gasteiger partial charge < -0.3 is 20.1 Å². The molecule has 0 bridgehead atoms. The maximum Gasteiger partial charge on any atom is 0.191 e. The third-order valence-electron chi connectivity index (χ3n) is 4.24. The van der Waals surface area contributed by atoms with Gasteiger partial charge in [-0.1, -0.05) is 12.1 Å². The van der Waals surface area contributed by atoms with E-state index in [9.17, 15) is 0 Å². The van der Waals surface area contributed by atoms with Gasteiger partial charge in [0, 0.05) is 31.8 Å². The molecule has 0 saturated carbocycles. The molecule has 0 saturated heterocycles. The molecule has 28 heavy (non-hydrogen) atoms. The summed E-state index contributed by atoms with van der Waals surface area (Å²) in [5.74, 6) is 2.24. The van der Waals surface area contributed by atoms with Gasteiger partial charge >= 0.3 is 0 Å². The normalized spacial score (nSPS) is 11.2. The Balaban J connectivity index is 1.55. The average Bonchev–Trinajstić information content (AvgIpc) is 3.29. The van der Waals surface area contributed by atoms with Crippen LogP contribution in [0.1, 0.15) is 11.1 Å². The highest BCUT2D eigenvalue weighted by Gasteiger charge is 2.06. The summed E-state index contributed by atoms with van der Waals surface area (Å²) in [6, 6.07) is 13.8. The zero-order valence-corrected chi connectivity index (χ0v) is 16.2. The summed E-state index contributed by atoms with van der Waals surface area (Å²) in [6.45, 7) is 1.23. The van der Waals surface area contributed by atoms with Crippen molar-refractivity contribution in [2.75, 3.05) is 21.3 Å². The van der Waals surface area contributed by atoms with E-state index in [1.165, 1.54) is 6.33 Å². The lowest BCUT2D eigenvalue weighted by Crippen LogP contribution is -2.36. The summed E-state index contributed by atoms with van der Waals surface area (Å²) in [4.78, 5) is 8.23. The van der Waals surface area contributed by atoms with Crippen molar-refractivity contribution in [3.63, 3.8) is 0 Å². The largest absolute Gasteiger partial charge is 0.497 e. The highest BCUT2D eigenvalue weighted by atomic mass is 16.5. The van der Waals surface area contributed by atoms with E-state index in [0.29, 0.717) is 19.0 Å². The molecule has 2 aromatic carbocycles. The molecule has 0 aliphatic heterocycles. The molecule has 3 aromatic rings. The molecular weight excluding hydrogens is 356 g/mol. The Morgan fingerprint density at radius 1 is 1.04 bits per heavy atom. The number of guanidine groups is 1. The predicted molar refractivity (Wildman–Crippen MR) is 108 cm³/mol. The van der Waals surface area contributed by atoms with Gasteiger partial charge in [0.15, 0.2) is 5.96 Å². The van der Waals surface area contributed by atoms with Crippen molar-refractivity contribution in [3.8, 4) is 17.2 Å². The van der Waals surface area contributed by atoms with Gasteiger partial charge in [-0.25, -0.2) is 9.67 Å². The smallest absolute Gasteiger partial charge is 0.191 e. The van der Waals surface area contributed by atoms with Crippen LogP contribution in [0.25, 0.3) is 5.69 Å². The number of hydrogen-bond acceptors (Lipinski definition) is 5. The molecule has 0 unspecified atom stereocenters. The van der Waals surface area contributed by atoms with Crippen molar-refractivity contribution < 1.29 is 9.47 Å². The van der Waals surface area contributed by atoms with E-state index in [1.807, 2.05) is 42.5 Å². The van der Waals surface area contributed by atoms with Crippen LogP contribution in [0.5, 0.6) is 11.5 Å². The Morgan fingerprint density at radius 2 is 1.82 bits per heavy atom. The number of aliphatic imine (C=N–C) groups is 1. The second-order valence-corrected chi connectivity index (χ2v) is 5.96. The number of ether oxygens (including phenoxy) is 2. The summed E-state index contributed by atoms with van der Waals surface area (Å²) in [6.07, 6.45) is 3.19. The molecule has 0 amide bonds. The van der Waals surface area contributed by atoms with Crippen LogP contribution in [0.2, 0.25) is 0 Å². The molecule has 8 nitrogen and oxygen atoms in total. The van der Waals surface area contributed by atoms with Gasteiger partial charge in [-0.3, -0.25) is 4.99 Å². The Kier molecular flexibility index (Phi) is 6.46. The maximum atomic E-state index is 5.43. The fraction of sp³-hybridized carbons (Fsp3) is 0.250. The van der Waals surface area contributed by atoms with Crippen LogP contribution in [0, 0.1) is 0 Å². The summed E-state index contributed by atoms with van der Waals surface area (Å²) < 4.78 is 12.4. The van der Waals surface area contributed by atoms with Gasteiger partial charge in [-0.2, -0.15) is 5.10 Å². The van der Waals surface area contributed by atoms with Gasteiger partial charge in [0.2, 0.25) is 0 Å². The zero-order chi connectivity index (χ0) is 19.8. The molecule has 3 rings (SSSR count).